The van der Waals surface area contributed by atoms with Gasteiger partial charge in [0.05, 0.1) is 19.6 Å². The molecule has 1 saturated heterocycles. The Morgan fingerprint density at radius 1 is 1.02 bits per heavy atom. The van der Waals surface area contributed by atoms with Crippen molar-refractivity contribution < 1.29 is 32.3 Å². The molecule has 2 heterocycles. The maximum absolute atomic E-state index is 13.3. The largest absolute Gasteiger partial charge is 0.497 e. The normalized spacial score (nSPS) is 17.4. The van der Waals surface area contributed by atoms with Crippen LogP contribution in [0.3, 0.4) is 0 Å². The molecule has 0 spiro atoms. The van der Waals surface area contributed by atoms with Gasteiger partial charge in [-0.1, -0.05) is 49.4 Å². The van der Waals surface area contributed by atoms with Gasteiger partial charge in [-0.3, -0.25) is 19.4 Å². The lowest BCUT2D eigenvalue weighted by molar-refractivity contribution is -0.161. The highest BCUT2D eigenvalue weighted by molar-refractivity contribution is 7.91. The number of ether oxygens (including phenoxy) is 2. The van der Waals surface area contributed by atoms with E-state index in [9.17, 15) is 22.8 Å². The second-order valence-electron chi connectivity index (χ2n) is 12.1. The zero-order chi connectivity index (χ0) is 32.2. The molecule has 1 aliphatic heterocycles. The molecule has 1 aromatic heterocycles. The van der Waals surface area contributed by atoms with Crippen molar-refractivity contribution in [3.8, 4) is 5.75 Å². The third-order valence-electron chi connectivity index (χ3n) is 7.37. The van der Waals surface area contributed by atoms with Gasteiger partial charge in [0.1, 0.15) is 17.2 Å². The van der Waals surface area contributed by atoms with E-state index >= 15 is 0 Å². The van der Waals surface area contributed by atoms with Crippen LogP contribution in [0.4, 0.5) is 10.6 Å². The fourth-order valence-corrected chi connectivity index (χ4v) is 6.60. The van der Waals surface area contributed by atoms with E-state index in [1.165, 1.54) is 11.1 Å². The molecule has 234 valence electrons. The number of anilines is 1. The molecule has 44 heavy (non-hydrogen) atoms. The molecule has 1 unspecified atom stereocenters. The van der Waals surface area contributed by atoms with Crippen molar-refractivity contribution in [2.24, 2.45) is 5.92 Å². The summed E-state index contributed by atoms with van der Waals surface area (Å²) in [6.45, 7) is 7.31. The third-order valence-corrected chi connectivity index (χ3v) is 8.78. The van der Waals surface area contributed by atoms with Crippen LogP contribution in [0.1, 0.15) is 56.7 Å². The standard InChI is InChI=1S/C33H39N3O7S/c1-22(25-10-8-7-9-11-25)18-29(37)36-30(38)27(31(36)44(6,40)41)19-24-16-17-34-28(20-24)35(32(39)43-33(2,3)4)21-23-12-14-26(42-5)15-13-23/h7-17,20,22,27,31H,18-19,21H2,1-6H3/t22-,27?,31+/m0/s1. The minimum absolute atomic E-state index is 0.00407. The number of hydrogen-bond donors (Lipinski definition) is 0. The monoisotopic (exact) mass is 621 g/mol. The molecular formula is C33H39N3O7S. The zero-order valence-electron chi connectivity index (χ0n) is 25.9. The predicted octanol–water partition coefficient (Wildman–Crippen LogP) is 5.12. The predicted molar refractivity (Wildman–Crippen MR) is 167 cm³/mol. The van der Waals surface area contributed by atoms with Crippen LogP contribution in [0.2, 0.25) is 0 Å². The number of methoxy groups -OCH3 is 1. The summed E-state index contributed by atoms with van der Waals surface area (Å²) in [5, 5.41) is -1.27. The summed E-state index contributed by atoms with van der Waals surface area (Å²) in [6, 6.07) is 19.9. The van der Waals surface area contributed by atoms with Crippen LogP contribution in [0.25, 0.3) is 0 Å². The van der Waals surface area contributed by atoms with E-state index in [4.69, 9.17) is 9.47 Å². The Labute approximate surface area is 258 Å². The number of nitrogens with zero attached hydrogens (tertiary/aromatic N) is 3. The number of rotatable bonds is 10. The van der Waals surface area contributed by atoms with E-state index in [2.05, 4.69) is 4.98 Å². The molecule has 3 aromatic rings. The van der Waals surface area contributed by atoms with E-state index in [1.54, 1.807) is 52.1 Å². The van der Waals surface area contributed by atoms with Gasteiger partial charge in [0, 0.05) is 18.9 Å². The molecule has 0 saturated carbocycles. The number of benzene rings is 2. The molecule has 1 aliphatic rings. The molecule has 3 amide bonds. The van der Waals surface area contributed by atoms with Crippen LogP contribution in [-0.4, -0.2) is 60.5 Å². The Morgan fingerprint density at radius 3 is 2.27 bits per heavy atom. The van der Waals surface area contributed by atoms with Gasteiger partial charge >= 0.3 is 6.09 Å². The fraction of sp³-hybridized carbons (Fsp3) is 0.394. The summed E-state index contributed by atoms with van der Waals surface area (Å²) >= 11 is 0. The Kier molecular flexibility index (Phi) is 9.78. The average molecular weight is 622 g/mol. The minimum Gasteiger partial charge on any atom is -0.497 e. The lowest BCUT2D eigenvalue weighted by Crippen LogP contribution is -2.66. The molecule has 0 radical (unpaired) electrons. The molecule has 0 bridgehead atoms. The lowest BCUT2D eigenvalue weighted by Gasteiger charge is -2.44. The van der Waals surface area contributed by atoms with Gasteiger partial charge in [0.15, 0.2) is 15.2 Å². The number of β-lactam (4-membered cyclic amide) rings is 1. The molecule has 0 aliphatic carbocycles. The minimum atomic E-state index is -3.80. The molecule has 10 nitrogen and oxygen atoms in total. The molecule has 3 atom stereocenters. The highest BCUT2D eigenvalue weighted by Crippen LogP contribution is 2.36. The van der Waals surface area contributed by atoms with Gasteiger partial charge in [-0.2, -0.15) is 0 Å². The summed E-state index contributed by atoms with van der Waals surface area (Å²) in [6.07, 6.45) is 1.98. The molecule has 1 fully saturated rings. The van der Waals surface area contributed by atoms with Crippen molar-refractivity contribution in [1.82, 2.24) is 9.88 Å². The van der Waals surface area contributed by atoms with Gasteiger partial charge in [-0.15, -0.1) is 0 Å². The second-order valence-corrected chi connectivity index (χ2v) is 14.2. The SMILES string of the molecule is COc1ccc(CN(C(=O)OC(C)(C)C)c2cc(CC3C(=O)N(C(=O)C[C@H](C)c4ccccc4)[C@@H]3S(C)(=O)=O)ccn2)cc1. The molecule has 4 rings (SSSR count). The number of sulfone groups is 1. The van der Waals surface area contributed by atoms with Crippen molar-refractivity contribution >= 4 is 33.6 Å². The van der Waals surface area contributed by atoms with Crippen LogP contribution in [-0.2, 0) is 37.1 Å². The quantitative estimate of drug-likeness (QED) is 0.286. The van der Waals surface area contributed by atoms with Crippen LogP contribution < -0.4 is 9.64 Å². The summed E-state index contributed by atoms with van der Waals surface area (Å²) in [7, 11) is -2.23. The van der Waals surface area contributed by atoms with Gasteiger partial charge in [-0.25, -0.2) is 18.2 Å². The number of amides is 3. The number of hydrogen-bond acceptors (Lipinski definition) is 8. The Hall–Kier alpha value is -4.25. The van der Waals surface area contributed by atoms with Crippen molar-refractivity contribution in [1.29, 1.82) is 0 Å². The first-order valence-corrected chi connectivity index (χ1v) is 16.3. The summed E-state index contributed by atoms with van der Waals surface area (Å²) < 4.78 is 36.6. The molecule has 11 heteroatoms. The maximum Gasteiger partial charge on any atom is 0.416 e. The van der Waals surface area contributed by atoms with Gasteiger partial charge < -0.3 is 9.47 Å². The number of pyridine rings is 1. The first-order valence-electron chi connectivity index (χ1n) is 14.4. The summed E-state index contributed by atoms with van der Waals surface area (Å²) in [5.74, 6) is -1.25. The fourth-order valence-electron chi connectivity index (χ4n) is 5.19. The van der Waals surface area contributed by atoms with Gasteiger partial charge in [-0.05, 0) is 74.1 Å². The van der Waals surface area contributed by atoms with Gasteiger partial charge in [0.2, 0.25) is 11.8 Å². The number of carbonyl (C=O) groups is 3. The Balaban J connectivity index is 1.56. The van der Waals surface area contributed by atoms with Crippen LogP contribution in [0.15, 0.2) is 72.9 Å². The highest BCUT2D eigenvalue weighted by atomic mass is 32.2. The maximum atomic E-state index is 13.3. The number of aromatic nitrogens is 1. The van der Waals surface area contributed by atoms with Crippen LogP contribution >= 0.6 is 0 Å². The number of carbonyl (C=O) groups excluding carboxylic acids is 3. The number of likely N-dealkylation sites (tertiary alicyclic amines) is 1. The summed E-state index contributed by atoms with van der Waals surface area (Å²) in [4.78, 5) is 46.4. The van der Waals surface area contributed by atoms with E-state index in [1.807, 2.05) is 49.4 Å². The highest BCUT2D eigenvalue weighted by Gasteiger charge is 2.55. The van der Waals surface area contributed by atoms with Crippen LogP contribution in [0.5, 0.6) is 5.75 Å². The lowest BCUT2D eigenvalue weighted by atomic mass is 9.89. The first-order chi connectivity index (χ1) is 20.7. The number of imide groups is 1. The zero-order valence-corrected chi connectivity index (χ0v) is 26.7. The first kappa shape index (κ1) is 32.7. The van der Waals surface area contributed by atoms with E-state index in [0.29, 0.717) is 11.3 Å². The summed E-state index contributed by atoms with van der Waals surface area (Å²) in [5.41, 5.74) is 1.56. The van der Waals surface area contributed by atoms with Crippen molar-refractivity contribution in [3.63, 3.8) is 0 Å². The average Bonchev–Trinajstić information content (AvgIpc) is 2.96. The van der Waals surface area contributed by atoms with Crippen molar-refractivity contribution in [3.05, 3.63) is 89.6 Å². The van der Waals surface area contributed by atoms with Crippen molar-refractivity contribution in [2.45, 2.75) is 64.0 Å². The smallest absolute Gasteiger partial charge is 0.416 e. The Morgan fingerprint density at radius 2 is 1.68 bits per heavy atom. The second kappa shape index (κ2) is 13.2. The van der Waals surface area contributed by atoms with Gasteiger partial charge in [0.25, 0.3) is 0 Å². The third kappa shape index (κ3) is 7.82. The molecular weight excluding hydrogens is 582 g/mol. The van der Waals surface area contributed by atoms with E-state index in [0.717, 1.165) is 22.3 Å². The Bertz CT molecular complexity index is 1600. The van der Waals surface area contributed by atoms with E-state index < -0.39 is 44.6 Å². The van der Waals surface area contributed by atoms with Crippen LogP contribution in [0, 0.1) is 5.92 Å². The topological polar surface area (TPSA) is 123 Å². The van der Waals surface area contributed by atoms with E-state index in [-0.39, 0.29) is 31.1 Å². The molecule has 0 N–H and O–H groups in total. The molecule has 2 aromatic carbocycles. The van der Waals surface area contributed by atoms with Crippen molar-refractivity contribution in [2.75, 3.05) is 18.3 Å².